The number of nitrogens with zero attached hydrogens (tertiary/aromatic N) is 2. The monoisotopic (exact) mass is 396 g/mol. The molecule has 8 heteroatoms. The summed E-state index contributed by atoms with van der Waals surface area (Å²) in [6.07, 6.45) is 0. The van der Waals surface area contributed by atoms with Gasteiger partial charge < -0.3 is 13.7 Å². The van der Waals surface area contributed by atoms with Gasteiger partial charge in [0.25, 0.3) is 0 Å². The van der Waals surface area contributed by atoms with Crippen LogP contribution in [0.5, 0.6) is 0 Å². The van der Waals surface area contributed by atoms with Gasteiger partial charge in [0.05, 0.1) is 6.07 Å². The van der Waals surface area contributed by atoms with Crippen LogP contribution >= 0.6 is 0 Å². The Bertz CT molecular complexity index is 1120. The van der Waals surface area contributed by atoms with E-state index in [0.29, 0.717) is 5.56 Å². The Morgan fingerprint density at radius 1 is 1.07 bits per heavy atom. The van der Waals surface area contributed by atoms with Crippen molar-refractivity contribution in [1.82, 2.24) is 4.57 Å². The van der Waals surface area contributed by atoms with E-state index >= 15 is 0 Å². The Hall–Kier alpha value is -3.68. The fourth-order valence-electron chi connectivity index (χ4n) is 3.12. The van der Waals surface area contributed by atoms with E-state index in [2.05, 4.69) is 0 Å². The predicted octanol–water partition coefficient (Wildman–Crippen LogP) is 4.25. The number of rotatable bonds is 6. The molecule has 3 rings (SSSR count). The highest BCUT2D eigenvalue weighted by molar-refractivity contribution is 6.00. The van der Waals surface area contributed by atoms with Crippen LogP contribution in [0.1, 0.15) is 43.4 Å². The number of nitro groups is 1. The van der Waals surface area contributed by atoms with Crippen molar-refractivity contribution in [2.45, 2.75) is 27.7 Å². The van der Waals surface area contributed by atoms with Gasteiger partial charge in [0, 0.05) is 22.6 Å². The lowest BCUT2D eigenvalue weighted by molar-refractivity contribution is -0.402. The first-order valence-corrected chi connectivity index (χ1v) is 8.90. The fraction of sp³-hybridized carbons (Fsp3) is 0.238. The van der Waals surface area contributed by atoms with Crippen molar-refractivity contribution in [1.29, 1.82) is 0 Å². The molecular formula is C21H20N2O6. The minimum absolute atomic E-state index is 0.329. The van der Waals surface area contributed by atoms with Gasteiger partial charge in [0.15, 0.2) is 6.61 Å². The minimum atomic E-state index is -0.936. The molecule has 8 nitrogen and oxygen atoms in total. The number of ether oxygens (including phenoxy) is 1. The van der Waals surface area contributed by atoms with Crippen LogP contribution in [-0.4, -0.2) is 27.8 Å². The van der Waals surface area contributed by atoms with Crippen LogP contribution in [0, 0.1) is 37.8 Å². The van der Waals surface area contributed by atoms with Gasteiger partial charge in [-0.2, -0.15) is 0 Å². The van der Waals surface area contributed by atoms with Crippen LogP contribution in [0.3, 0.4) is 0 Å². The second-order valence-electron chi connectivity index (χ2n) is 6.78. The zero-order valence-corrected chi connectivity index (χ0v) is 16.5. The summed E-state index contributed by atoms with van der Waals surface area (Å²) in [7, 11) is 0. The van der Waals surface area contributed by atoms with Crippen molar-refractivity contribution in [3.8, 4) is 5.69 Å². The first-order valence-electron chi connectivity index (χ1n) is 8.90. The van der Waals surface area contributed by atoms with E-state index in [1.54, 1.807) is 6.07 Å². The number of carbonyl (C=O) groups is 2. The molecule has 0 unspecified atom stereocenters. The molecule has 0 aliphatic rings. The average molecular weight is 396 g/mol. The smallest absolute Gasteiger partial charge is 0.433 e. The van der Waals surface area contributed by atoms with Gasteiger partial charge in [0.1, 0.15) is 4.92 Å². The predicted molar refractivity (Wildman–Crippen MR) is 105 cm³/mol. The number of furan rings is 1. The van der Waals surface area contributed by atoms with E-state index in [1.807, 2.05) is 50.5 Å². The van der Waals surface area contributed by atoms with Crippen LogP contribution in [-0.2, 0) is 4.74 Å². The molecule has 0 amide bonds. The molecule has 0 saturated heterocycles. The molecule has 0 aliphatic carbocycles. The van der Waals surface area contributed by atoms with E-state index in [9.17, 15) is 19.7 Å². The van der Waals surface area contributed by atoms with Gasteiger partial charge in [-0.3, -0.25) is 14.9 Å². The maximum Gasteiger partial charge on any atom is 0.433 e. The van der Waals surface area contributed by atoms with Crippen molar-refractivity contribution in [3.05, 3.63) is 80.4 Å². The number of aryl methyl sites for hydroxylation is 3. The lowest BCUT2D eigenvalue weighted by Gasteiger charge is -2.12. The van der Waals surface area contributed by atoms with Crippen LogP contribution < -0.4 is 0 Å². The lowest BCUT2D eigenvalue weighted by Crippen LogP contribution is -2.14. The second kappa shape index (κ2) is 7.75. The summed E-state index contributed by atoms with van der Waals surface area (Å²) in [4.78, 5) is 34.4. The third-order valence-corrected chi connectivity index (χ3v) is 4.79. The number of hydrogen-bond donors (Lipinski definition) is 0. The van der Waals surface area contributed by atoms with Gasteiger partial charge >= 0.3 is 11.9 Å². The van der Waals surface area contributed by atoms with Crippen molar-refractivity contribution in [2.75, 3.05) is 6.61 Å². The summed E-state index contributed by atoms with van der Waals surface area (Å²) in [5.74, 6) is -2.21. The molecule has 0 N–H and O–H groups in total. The average Bonchev–Trinajstić information content (AvgIpc) is 3.27. The largest absolute Gasteiger partial charge is 0.451 e. The summed E-state index contributed by atoms with van der Waals surface area (Å²) < 4.78 is 11.7. The molecule has 0 spiro atoms. The van der Waals surface area contributed by atoms with Gasteiger partial charge in [-0.1, -0.05) is 6.07 Å². The summed E-state index contributed by atoms with van der Waals surface area (Å²) in [5, 5.41) is 10.6. The highest BCUT2D eigenvalue weighted by Crippen LogP contribution is 2.23. The van der Waals surface area contributed by atoms with Crippen molar-refractivity contribution >= 4 is 17.6 Å². The molecule has 1 aromatic carbocycles. The van der Waals surface area contributed by atoms with Gasteiger partial charge in [0.2, 0.25) is 11.5 Å². The first-order chi connectivity index (χ1) is 13.7. The highest BCUT2D eigenvalue weighted by Gasteiger charge is 2.22. The van der Waals surface area contributed by atoms with Crippen LogP contribution in [0.15, 0.2) is 40.8 Å². The maximum atomic E-state index is 12.6. The Morgan fingerprint density at radius 2 is 1.79 bits per heavy atom. The Kier molecular flexibility index (Phi) is 5.36. The molecule has 0 bridgehead atoms. The zero-order chi connectivity index (χ0) is 21.3. The molecule has 29 heavy (non-hydrogen) atoms. The summed E-state index contributed by atoms with van der Waals surface area (Å²) in [6, 6.07) is 9.99. The van der Waals surface area contributed by atoms with Crippen molar-refractivity contribution < 1.29 is 23.7 Å². The Labute approximate surface area is 166 Å². The summed E-state index contributed by atoms with van der Waals surface area (Å²) >= 11 is 0. The van der Waals surface area contributed by atoms with E-state index in [1.165, 1.54) is 5.56 Å². The highest BCUT2D eigenvalue weighted by atomic mass is 16.7. The van der Waals surface area contributed by atoms with Crippen molar-refractivity contribution in [2.24, 2.45) is 0 Å². The van der Waals surface area contributed by atoms with E-state index in [-0.39, 0.29) is 11.5 Å². The van der Waals surface area contributed by atoms with Gasteiger partial charge in [-0.05, 0) is 63.1 Å². The fourth-order valence-corrected chi connectivity index (χ4v) is 3.12. The molecule has 2 aromatic heterocycles. The lowest BCUT2D eigenvalue weighted by atomic mass is 10.1. The third kappa shape index (κ3) is 3.96. The van der Waals surface area contributed by atoms with Crippen LogP contribution in [0.2, 0.25) is 0 Å². The SMILES string of the molecule is Cc1ccc(-n2c(C)cc(C(=O)COC(=O)c3ccc([N+](=O)[O-])o3)c2C)cc1C. The second-order valence-corrected chi connectivity index (χ2v) is 6.78. The number of ketones is 1. The van der Waals surface area contributed by atoms with Gasteiger partial charge in [-0.15, -0.1) is 0 Å². The third-order valence-electron chi connectivity index (χ3n) is 4.79. The first kappa shape index (κ1) is 20.1. The molecule has 0 radical (unpaired) electrons. The minimum Gasteiger partial charge on any atom is -0.451 e. The Morgan fingerprint density at radius 3 is 2.41 bits per heavy atom. The number of Topliss-reactive ketones (excluding diaryl/α,β-unsaturated/α-hetero) is 1. The molecule has 150 valence electrons. The van der Waals surface area contributed by atoms with Crippen LogP contribution in [0.4, 0.5) is 5.88 Å². The number of carbonyl (C=O) groups excluding carboxylic acids is 2. The molecule has 0 atom stereocenters. The summed E-state index contributed by atoms with van der Waals surface area (Å²) in [6.45, 7) is 7.29. The number of aromatic nitrogens is 1. The van der Waals surface area contributed by atoms with Crippen molar-refractivity contribution in [3.63, 3.8) is 0 Å². The molecule has 0 aliphatic heterocycles. The number of hydrogen-bond acceptors (Lipinski definition) is 6. The summed E-state index contributed by atoms with van der Waals surface area (Å²) in [5.41, 5.74) is 5.32. The quantitative estimate of drug-likeness (QED) is 0.267. The standard InChI is InChI=1S/C21H20N2O6/c1-12-5-6-16(9-13(12)2)22-14(3)10-17(15(22)4)18(24)11-28-21(25)19-7-8-20(29-19)23(26)27/h5-10H,11H2,1-4H3. The van der Waals surface area contributed by atoms with E-state index in [0.717, 1.165) is 34.8 Å². The topological polar surface area (TPSA) is 105 Å². The molecule has 0 saturated carbocycles. The number of benzene rings is 1. The van der Waals surface area contributed by atoms with Gasteiger partial charge in [-0.25, -0.2) is 4.79 Å². The van der Waals surface area contributed by atoms with Crippen LogP contribution in [0.25, 0.3) is 5.69 Å². The Balaban J connectivity index is 1.76. The number of esters is 1. The zero-order valence-electron chi connectivity index (χ0n) is 16.5. The van der Waals surface area contributed by atoms with E-state index < -0.39 is 23.4 Å². The van der Waals surface area contributed by atoms with E-state index in [4.69, 9.17) is 9.15 Å². The maximum absolute atomic E-state index is 12.6. The molecular weight excluding hydrogens is 376 g/mol. The molecule has 2 heterocycles. The molecule has 0 fully saturated rings. The normalized spacial score (nSPS) is 10.8. The molecule has 3 aromatic rings.